The first kappa shape index (κ1) is 14.6. The van der Waals surface area contributed by atoms with Crippen LogP contribution in [0, 0.1) is 5.92 Å². The fourth-order valence-electron chi connectivity index (χ4n) is 1.31. The monoisotopic (exact) mass is 293 g/mol. The first-order valence-electron chi connectivity index (χ1n) is 5.28. The maximum absolute atomic E-state index is 12.0. The van der Waals surface area contributed by atoms with Gasteiger partial charge < -0.3 is 5.32 Å². The minimum Gasteiger partial charge on any atom is -0.348 e. The van der Waals surface area contributed by atoms with Gasteiger partial charge in [-0.1, -0.05) is 43.1 Å². The van der Waals surface area contributed by atoms with E-state index in [1.54, 1.807) is 18.2 Å². The molecule has 0 saturated heterocycles. The lowest BCUT2D eigenvalue weighted by Crippen LogP contribution is -2.39. The molecule has 1 rings (SSSR count). The van der Waals surface area contributed by atoms with E-state index < -0.39 is 0 Å². The van der Waals surface area contributed by atoms with Crippen LogP contribution in [0.1, 0.15) is 24.2 Å². The van der Waals surface area contributed by atoms with Crippen LogP contribution in [0.3, 0.4) is 0 Å². The van der Waals surface area contributed by atoms with Gasteiger partial charge >= 0.3 is 0 Å². The Hall–Kier alpha value is -0.440. The van der Waals surface area contributed by atoms with E-state index in [0.717, 1.165) is 0 Å². The standard InChI is InChI=1S/C12H14Cl3NO/c1-7(2)10(6-13)16-12(17)8-4-3-5-9(14)11(8)15/h3-5,7,10H,6H2,1-2H3,(H,16,17). The number of amides is 1. The van der Waals surface area contributed by atoms with Gasteiger partial charge in [0.1, 0.15) is 0 Å². The maximum atomic E-state index is 12.0. The van der Waals surface area contributed by atoms with Crippen molar-refractivity contribution in [2.75, 3.05) is 5.88 Å². The van der Waals surface area contributed by atoms with Crippen LogP contribution in [0.25, 0.3) is 0 Å². The summed E-state index contributed by atoms with van der Waals surface area (Å²) in [5.41, 5.74) is 0.370. The summed E-state index contributed by atoms with van der Waals surface area (Å²) in [6.07, 6.45) is 0. The van der Waals surface area contributed by atoms with E-state index in [2.05, 4.69) is 5.32 Å². The van der Waals surface area contributed by atoms with Crippen molar-refractivity contribution < 1.29 is 4.79 Å². The van der Waals surface area contributed by atoms with Crippen molar-refractivity contribution in [3.05, 3.63) is 33.8 Å². The minimum absolute atomic E-state index is 0.0841. The lowest BCUT2D eigenvalue weighted by atomic mass is 10.1. The Kier molecular flexibility index (Phi) is 5.57. The summed E-state index contributed by atoms with van der Waals surface area (Å²) in [7, 11) is 0. The molecule has 1 atom stereocenters. The van der Waals surface area contributed by atoms with E-state index in [-0.39, 0.29) is 22.9 Å². The fraction of sp³-hybridized carbons (Fsp3) is 0.417. The van der Waals surface area contributed by atoms with Crippen LogP contribution in [0.2, 0.25) is 10.0 Å². The third-order valence-corrected chi connectivity index (χ3v) is 3.64. The molecule has 2 nitrogen and oxygen atoms in total. The van der Waals surface area contributed by atoms with Crippen LogP contribution < -0.4 is 5.32 Å². The number of hydrogen-bond acceptors (Lipinski definition) is 1. The first-order valence-corrected chi connectivity index (χ1v) is 6.57. The Morgan fingerprint density at radius 1 is 1.35 bits per heavy atom. The van der Waals surface area contributed by atoms with Gasteiger partial charge in [-0.3, -0.25) is 4.79 Å². The third-order valence-electron chi connectivity index (χ3n) is 2.48. The molecule has 0 aliphatic rings. The van der Waals surface area contributed by atoms with Crippen LogP contribution in [0.5, 0.6) is 0 Å². The normalized spacial score (nSPS) is 12.6. The summed E-state index contributed by atoms with van der Waals surface area (Å²) in [5.74, 6) is 0.368. The zero-order chi connectivity index (χ0) is 13.0. The van der Waals surface area contributed by atoms with E-state index in [4.69, 9.17) is 34.8 Å². The second-order valence-electron chi connectivity index (χ2n) is 4.08. The van der Waals surface area contributed by atoms with Gasteiger partial charge in [0.25, 0.3) is 5.91 Å². The molecule has 17 heavy (non-hydrogen) atoms. The van der Waals surface area contributed by atoms with Crippen LogP contribution >= 0.6 is 34.8 Å². The SMILES string of the molecule is CC(C)C(CCl)NC(=O)c1cccc(Cl)c1Cl. The van der Waals surface area contributed by atoms with E-state index >= 15 is 0 Å². The van der Waals surface area contributed by atoms with Crippen LogP contribution in [0.4, 0.5) is 0 Å². The molecule has 1 unspecified atom stereocenters. The van der Waals surface area contributed by atoms with Crippen molar-refractivity contribution in [2.45, 2.75) is 19.9 Å². The molecule has 0 fully saturated rings. The zero-order valence-corrected chi connectivity index (χ0v) is 11.9. The Bertz CT molecular complexity index is 407. The van der Waals surface area contributed by atoms with Crippen molar-refractivity contribution in [3.63, 3.8) is 0 Å². The summed E-state index contributed by atoms with van der Waals surface area (Å²) in [4.78, 5) is 12.0. The van der Waals surface area contributed by atoms with Gasteiger partial charge in [0, 0.05) is 11.9 Å². The Morgan fingerprint density at radius 3 is 2.53 bits per heavy atom. The van der Waals surface area contributed by atoms with Gasteiger partial charge in [0.2, 0.25) is 0 Å². The molecule has 94 valence electrons. The van der Waals surface area contributed by atoms with Gasteiger partial charge in [0.15, 0.2) is 0 Å². The molecule has 1 N–H and O–H groups in total. The number of nitrogens with one attached hydrogen (secondary N) is 1. The number of carbonyl (C=O) groups is 1. The van der Waals surface area contributed by atoms with Crippen molar-refractivity contribution in [1.29, 1.82) is 0 Å². The molecule has 5 heteroatoms. The molecule has 0 aliphatic carbocycles. The molecule has 1 amide bonds. The summed E-state index contributed by atoms with van der Waals surface area (Å²) in [6, 6.07) is 4.88. The van der Waals surface area contributed by atoms with Crippen LogP contribution in [-0.4, -0.2) is 17.8 Å². The van der Waals surface area contributed by atoms with E-state index in [1.165, 1.54) is 0 Å². The molecule has 0 spiro atoms. The predicted molar refractivity (Wildman–Crippen MR) is 73.3 cm³/mol. The molecular weight excluding hydrogens is 280 g/mol. The highest BCUT2D eigenvalue weighted by Crippen LogP contribution is 2.25. The van der Waals surface area contributed by atoms with Gasteiger partial charge in [-0.05, 0) is 18.1 Å². The van der Waals surface area contributed by atoms with Crippen molar-refractivity contribution in [1.82, 2.24) is 5.32 Å². The number of alkyl halides is 1. The molecule has 0 heterocycles. The average Bonchev–Trinajstić information content (AvgIpc) is 2.28. The van der Waals surface area contributed by atoms with Gasteiger partial charge in [-0.25, -0.2) is 0 Å². The second-order valence-corrected chi connectivity index (χ2v) is 5.17. The highest BCUT2D eigenvalue weighted by molar-refractivity contribution is 6.43. The summed E-state index contributed by atoms with van der Waals surface area (Å²) >= 11 is 17.6. The Labute approximate surface area is 116 Å². The van der Waals surface area contributed by atoms with E-state index in [0.29, 0.717) is 16.5 Å². The van der Waals surface area contributed by atoms with E-state index in [9.17, 15) is 4.79 Å². The second kappa shape index (κ2) is 6.48. The van der Waals surface area contributed by atoms with Crippen LogP contribution in [0.15, 0.2) is 18.2 Å². The molecule has 0 aliphatic heterocycles. The number of rotatable bonds is 4. The van der Waals surface area contributed by atoms with Gasteiger partial charge in [0.05, 0.1) is 15.6 Å². The Balaban J connectivity index is 2.86. The highest BCUT2D eigenvalue weighted by Gasteiger charge is 2.18. The lowest BCUT2D eigenvalue weighted by molar-refractivity contribution is 0.0931. The molecule has 0 aromatic heterocycles. The number of benzene rings is 1. The highest BCUT2D eigenvalue weighted by atomic mass is 35.5. The van der Waals surface area contributed by atoms with Crippen molar-refractivity contribution >= 4 is 40.7 Å². The molecule has 0 bridgehead atoms. The quantitative estimate of drug-likeness (QED) is 0.836. The van der Waals surface area contributed by atoms with Gasteiger partial charge in [-0.15, -0.1) is 11.6 Å². The summed E-state index contributed by atoms with van der Waals surface area (Å²) in [6.45, 7) is 3.99. The van der Waals surface area contributed by atoms with Gasteiger partial charge in [-0.2, -0.15) is 0 Å². The topological polar surface area (TPSA) is 29.1 Å². The number of halogens is 3. The third kappa shape index (κ3) is 3.77. The predicted octanol–water partition coefficient (Wildman–Crippen LogP) is 3.99. The van der Waals surface area contributed by atoms with E-state index in [1.807, 2.05) is 13.8 Å². The van der Waals surface area contributed by atoms with Crippen LogP contribution in [-0.2, 0) is 0 Å². The number of hydrogen-bond donors (Lipinski definition) is 1. The number of carbonyl (C=O) groups excluding carboxylic acids is 1. The maximum Gasteiger partial charge on any atom is 0.253 e. The molecule has 1 aromatic rings. The van der Waals surface area contributed by atoms with Crippen molar-refractivity contribution in [3.8, 4) is 0 Å². The Morgan fingerprint density at radius 2 is 2.00 bits per heavy atom. The molecular formula is C12H14Cl3NO. The average molecular weight is 295 g/mol. The van der Waals surface area contributed by atoms with Crippen molar-refractivity contribution in [2.24, 2.45) is 5.92 Å². The minimum atomic E-state index is -0.253. The largest absolute Gasteiger partial charge is 0.348 e. The lowest BCUT2D eigenvalue weighted by Gasteiger charge is -2.20. The summed E-state index contributed by atoms with van der Waals surface area (Å²) < 4.78 is 0. The molecule has 0 saturated carbocycles. The molecule has 0 radical (unpaired) electrons. The summed E-state index contributed by atoms with van der Waals surface area (Å²) in [5, 5.41) is 3.47. The fourth-order valence-corrected chi connectivity index (χ4v) is 2.13. The smallest absolute Gasteiger partial charge is 0.253 e. The molecule has 1 aromatic carbocycles. The zero-order valence-electron chi connectivity index (χ0n) is 9.64. The first-order chi connectivity index (χ1) is 7.97.